The number of hydrogen-bond donors (Lipinski definition) is 1. The van der Waals surface area contributed by atoms with Gasteiger partial charge in [0.2, 0.25) is 0 Å². The third kappa shape index (κ3) is 2.73. The van der Waals surface area contributed by atoms with Crippen LogP contribution in [0.4, 0.5) is 0 Å². The van der Waals surface area contributed by atoms with Crippen molar-refractivity contribution in [3.63, 3.8) is 0 Å². The van der Waals surface area contributed by atoms with Crippen molar-refractivity contribution in [2.24, 2.45) is 0 Å². The first-order valence-corrected chi connectivity index (χ1v) is 5.28. The zero-order valence-corrected chi connectivity index (χ0v) is 9.78. The van der Waals surface area contributed by atoms with Crippen molar-refractivity contribution in [1.29, 1.82) is 0 Å². The fourth-order valence-corrected chi connectivity index (χ4v) is 1.26. The standard InChI is InChI=1S/C12H16N2O2/c1-12(2,3)13-7-9-8-16-11(14-9)10-5-4-6-15-10/h4-6,8,13H,7H2,1-3H3. The van der Waals surface area contributed by atoms with Crippen molar-refractivity contribution >= 4 is 0 Å². The molecule has 2 heterocycles. The van der Waals surface area contributed by atoms with Crippen molar-refractivity contribution in [3.05, 3.63) is 30.4 Å². The number of nitrogens with one attached hydrogen (secondary N) is 1. The predicted molar refractivity (Wildman–Crippen MR) is 60.8 cm³/mol. The molecular formula is C12H16N2O2. The molecule has 0 unspecified atom stereocenters. The number of oxazole rings is 1. The quantitative estimate of drug-likeness (QED) is 0.864. The lowest BCUT2D eigenvalue weighted by Gasteiger charge is -2.19. The van der Waals surface area contributed by atoms with Gasteiger partial charge < -0.3 is 14.2 Å². The Hall–Kier alpha value is -1.55. The smallest absolute Gasteiger partial charge is 0.263 e. The van der Waals surface area contributed by atoms with E-state index in [0.717, 1.165) is 5.69 Å². The SMILES string of the molecule is CC(C)(C)NCc1coc(-c2ccco2)n1. The van der Waals surface area contributed by atoms with Crippen LogP contribution in [0.3, 0.4) is 0 Å². The lowest BCUT2D eigenvalue weighted by atomic mass is 10.1. The van der Waals surface area contributed by atoms with Gasteiger partial charge >= 0.3 is 0 Å². The maximum absolute atomic E-state index is 5.33. The van der Waals surface area contributed by atoms with E-state index in [1.165, 1.54) is 0 Å². The van der Waals surface area contributed by atoms with Crippen LogP contribution in [0.2, 0.25) is 0 Å². The summed E-state index contributed by atoms with van der Waals surface area (Å²) in [6.07, 6.45) is 3.25. The number of hydrogen-bond acceptors (Lipinski definition) is 4. The number of nitrogens with zero attached hydrogens (tertiary/aromatic N) is 1. The summed E-state index contributed by atoms with van der Waals surface area (Å²) in [7, 11) is 0. The van der Waals surface area contributed by atoms with Gasteiger partial charge in [-0.2, -0.15) is 0 Å². The van der Waals surface area contributed by atoms with Gasteiger partial charge in [-0.15, -0.1) is 0 Å². The highest BCUT2D eigenvalue weighted by atomic mass is 16.4. The summed E-state index contributed by atoms with van der Waals surface area (Å²) in [5.41, 5.74) is 0.949. The molecule has 4 heteroatoms. The lowest BCUT2D eigenvalue weighted by Crippen LogP contribution is -2.35. The minimum Gasteiger partial charge on any atom is -0.459 e. The first kappa shape index (κ1) is 11.0. The van der Waals surface area contributed by atoms with Gasteiger partial charge in [-0.05, 0) is 32.9 Å². The molecule has 16 heavy (non-hydrogen) atoms. The summed E-state index contributed by atoms with van der Waals surface area (Å²) >= 11 is 0. The first-order chi connectivity index (χ1) is 7.54. The van der Waals surface area contributed by atoms with Crippen molar-refractivity contribution in [2.75, 3.05) is 0 Å². The highest BCUT2D eigenvalue weighted by Gasteiger charge is 2.12. The van der Waals surface area contributed by atoms with Gasteiger partial charge in [0.25, 0.3) is 5.89 Å². The zero-order valence-electron chi connectivity index (χ0n) is 9.78. The van der Waals surface area contributed by atoms with Crippen LogP contribution in [0.5, 0.6) is 0 Å². The van der Waals surface area contributed by atoms with Crippen LogP contribution in [-0.2, 0) is 6.54 Å². The summed E-state index contributed by atoms with van der Waals surface area (Å²) in [4.78, 5) is 4.33. The Balaban J connectivity index is 2.03. The van der Waals surface area contributed by atoms with E-state index in [0.29, 0.717) is 18.2 Å². The van der Waals surface area contributed by atoms with Gasteiger partial charge in [-0.1, -0.05) is 0 Å². The summed E-state index contributed by atoms with van der Waals surface area (Å²) < 4.78 is 10.5. The Bertz CT molecular complexity index is 438. The van der Waals surface area contributed by atoms with Crippen LogP contribution in [0.15, 0.2) is 33.5 Å². The molecule has 0 atom stereocenters. The van der Waals surface area contributed by atoms with E-state index >= 15 is 0 Å². The van der Waals surface area contributed by atoms with Crippen LogP contribution in [0.25, 0.3) is 11.7 Å². The van der Waals surface area contributed by atoms with Gasteiger partial charge in [0, 0.05) is 12.1 Å². The van der Waals surface area contributed by atoms with E-state index < -0.39 is 0 Å². The largest absolute Gasteiger partial charge is 0.459 e. The summed E-state index contributed by atoms with van der Waals surface area (Å²) in [6.45, 7) is 7.02. The normalized spacial score (nSPS) is 11.9. The number of furan rings is 1. The van der Waals surface area contributed by atoms with Gasteiger partial charge in [0.15, 0.2) is 5.76 Å². The molecular weight excluding hydrogens is 204 g/mol. The van der Waals surface area contributed by atoms with Crippen molar-refractivity contribution in [3.8, 4) is 11.7 Å². The van der Waals surface area contributed by atoms with Crippen LogP contribution in [0.1, 0.15) is 26.5 Å². The molecule has 0 aliphatic heterocycles. The second-order valence-electron chi connectivity index (χ2n) is 4.72. The van der Waals surface area contributed by atoms with E-state index in [2.05, 4.69) is 31.1 Å². The monoisotopic (exact) mass is 220 g/mol. The van der Waals surface area contributed by atoms with Gasteiger partial charge in [0.05, 0.1) is 12.0 Å². The van der Waals surface area contributed by atoms with Gasteiger partial charge in [-0.3, -0.25) is 0 Å². The lowest BCUT2D eigenvalue weighted by molar-refractivity contribution is 0.421. The van der Waals surface area contributed by atoms with Crippen molar-refractivity contribution in [2.45, 2.75) is 32.9 Å². The Morgan fingerprint density at radius 3 is 2.75 bits per heavy atom. The molecule has 0 aromatic carbocycles. The maximum atomic E-state index is 5.33. The topological polar surface area (TPSA) is 51.2 Å². The zero-order chi connectivity index (χ0) is 11.6. The molecule has 0 fully saturated rings. The molecule has 2 aromatic heterocycles. The van der Waals surface area contributed by atoms with E-state index in [1.54, 1.807) is 12.5 Å². The van der Waals surface area contributed by atoms with E-state index in [-0.39, 0.29) is 5.54 Å². The molecule has 86 valence electrons. The highest BCUT2D eigenvalue weighted by Crippen LogP contribution is 2.18. The van der Waals surface area contributed by atoms with Crippen LogP contribution in [0, 0.1) is 0 Å². The van der Waals surface area contributed by atoms with E-state index in [1.807, 2.05) is 12.1 Å². The molecule has 0 amide bonds. The Morgan fingerprint density at radius 2 is 2.12 bits per heavy atom. The van der Waals surface area contributed by atoms with Crippen LogP contribution >= 0.6 is 0 Å². The molecule has 0 bridgehead atoms. The minimum atomic E-state index is 0.0732. The molecule has 0 saturated heterocycles. The number of rotatable bonds is 3. The molecule has 0 saturated carbocycles. The molecule has 0 spiro atoms. The maximum Gasteiger partial charge on any atom is 0.263 e. The second-order valence-corrected chi connectivity index (χ2v) is 4.72. The average molecular weight is 220 g/mol. The third-order valence-electron chi connectivity index (χ3n) is 2.08. The summed E-state index contributed by atoms with van der Waals surface area (Å²) in [6, 6.07) is 3.64. The second kappa shape index (κ2) is 4.14. The molecule has 0 radical (unpaired) electrons. The highest BCUT2D eigenvalue weighted by molar-refractivity contribution is 5.43. The molecule has 2 rings (SSSR count). The van der Waals surface area contributed by atoms with Crippen LogP contribution < -0.4 is 5.32 Å². The summed E-state index contributed by atoms with van der Waals surface area (Å²) in [5, 5.41) is 3.34. The fourth-order valence-electron chi connectivity index (χ4n) is 1.26. The Labute approximate surface area is 94.7 Å². The van der Waals surface area contributed by atoms with Gasteiger partial charge in [0.1, 0.15) is 6.26 Å². The fraction of sp³-hybridized carbons (Fsp3) is 0.417. The molecule has 4 nitrogen and oxygen atoms in total. The minimum absolute atomic E-state index is 0.0732. The van der Waals surface area contributed by atoms with Crippen molar-refractivity contribution < 1.29 is 8.83 Å². The molecule has 0 aliphatic carbocycles. The molecule has 1 N–H and O–H groups in total. The van der Waals surface area contributed by atoms with E-state index in [4.69, 9.17) is 8.83 Å². The first-order valence-electron chi connectivity index (χ1n) is 5.28. The molecule has 2 aromatic rings. The average Bonchev–Trinajstić information content (AvgIpc) is 2.84. The third-order valence-corrected chi connectivity index (χ3v) is 2.08. The Morgan fingerprint density at radius 1 is 1.31 bits per heavy atom. The van der Waals surface area contributed by atoms with Crippen LogP contribution in [-0.4, -0.2) is 10.5 Å². The Kier molecular flexibility index (Phi) is 2.83. The van der Waals surface area contributed by atoms with Crippen molar-refractivity contribution in [1.82, 2.24) is 10.3 Å². The molecule has 0 aliphatic rings. The predicted octanol–water partition coefficient (Wildman–Crippen LogP) is 2.82. The summed E-state index contributed by atoms with van der Waals surface area (Å²) in [5.74, 6) is 1.18. The van der Waals surface area contributed by atoms with Gasteiger partial charge in [-0.25, -0.2) is 4.98 Å². The number of aromatic nitrogens is 1. The van der Waals surface area contributed by atoms with E-state index in [9.17, 15) is 0 Å².